The van der Waals surface area contributed by atoms with Crippen LogP contribution in [0.5, 0.6) is 0 Å². The lowest BCUT2D eigenvalue weighted by Crippen LogP contribution is -2.45. The van der Waals surface area contributed by atoms with Gasteiger partial charge in [-0.15, -0.1) is 0 Å². The predicted molar refractivity (Wildman–Crippen MR) is 122 cm³/mol. The van der Waals surface area contributed by atoms with Crippen molar-refractivity contribution in [3.05, 3.63) is 28.0 Å². The smallest absolute Gasteiger partial charge is 0.202 e. The molecule has 11 heteroatoms. The van der Waals surface area contributed by atoms with Gasteiger partial charge in [-0.1, -0.05) is 23.2 Å². The minimum Gasteiger partial charge on any atom is -0.393 e. The van der Waals surface area contributed by atoms with Gasteiger partial charge in [0.1, 0.15) is 16.4 Å². The first-order chi connectivity index (χ1) is 15.5. The summed E-state index contributed by atoms with van der Waals surface area (Å²) in [5.74, 6) is 0.648. The highest BCUT2D eigenvalue weighted by Gasteiger charge is 2.42. The Bertz CT molecular complexity index is 1350. The van der Waals surface area contributed by atoms with Crippen molar-refractivity contribution < 1.29 is 10.2 Å². The van der Waals surface area contributed by atoms with Crippen LogP contribution in [0.4, 0.5) is 5.82 Å². The predicted octanol–water partition coefficient (Wildman–Crippen LogP) is 3.20. The van der Waals surface area contributed by atoms with Gasteiger partial charge in [0.25, 0.3) is 0 Å². The Kier molecular flexibility index (Phi) is 4.59. The fraction of sp³-hybridized carbons (Fsp3) is 0.429. The van der Waals surface area contributed by atoms with E-state index in [4.69, 9.17) is 33.2 Å². The van der Waals surface area contributed by atoms with E-state index in [1.807, 2.05) is 12.1 Å². The molecule has 0 radical (unpaired) electrons. The first-order valence-electron chi connectivity index (χ1n) is 10.6. The molecular formula is C21H21Cl2N7O2. The molecule has 3 aromatic heterocycles. The molecule has 3 atom stereocenters. The van der Waals surface area contributed by atoms with Crippen LogP contribution < -0.4 is 4.90 Å². The Labute approximate surface area is 193 Å². The average Bonchev–Trinajstić information content (AvgIpc) is 3.39. The van der Waals surface area contributed by atoms with E-state index in [0.29, 0.717) is 67.9 Å². The molecule has 1 aromatic carbocycles. The Morgan fingerprint density at radius 1 is 1.16 bits per heavy atom. The van der Waals surface area contributed by atoms with Crippen molar-refractivity contribution in [1.29, 1.82) is 0 Å². The zero-order valence-corrected chi connectivity index (χ0v) is 18.8. The summed E-state index contributed by atoms with van der Waals surface area (Å²) >= 11 is 13.1. The van der Waals surface area contributed by atoms with Gasteiger partial charge < -0.3 is 15.1 Å². The molecule has 0 spiro atoms. The summed E-state index contributed by atoms with van der Waals surface area (Å²) in [5.41, 5.74) is 3.46. The Morgan fingerprint density at radius 2 is 1.91 bits per heavy atom. The summed E-state index contributed by atoms with van der Waals surface area (Å²) in [7, 11) is 1.76. The number of nitrogens with zero attached hydrogens (tertiary/aromatic N) is 6. The molecule has 9 nitrogen and oxygen atoms in total. The van der Waals surface area contributed by atoms with Gasteiger partial charge in [0.05, 0.1) is 34.3 Å². The van der Waals surface area contributed by atoms with E-state index >= 15 is 0 Å². The number of halogens is 2. The standard InChI is InChI=1S/C21H21Cl2N7O2/c1-29-19(23)15-13(28-29)5-4-12(16(15)22)17-18-20(27-26-17)25-21(14(8-31)24-18)30-9-2-3-10(30)7-11(32)6-9/h4-5,9-11,31-32H,2-3,6-8H2,1H3,(H,25,26,27)/t9-,10+,11?. The topological polar surface area (TPSA) is 116 Å². The number of aryl methyl sites for hydroxylation is 1. The molecule has 3 N–H and O–H groups in total. The van der Waals surface area contributed by atoms with Gasteiger partial charge in [-0.3, -0.25) is 9.78 Å². The van der Waals surface area contributed by atoms with E-state index in [0.717, 1.165) is 12.8 Å². The summed E-state index contributed by atoms with van der Waals surface area (Å²) in [6.07, 6.45) is 3.12. The molecular weight excluding hydrogens is 453 g/mol. The maximum atomic E-state index is 10.1. The number of aliphatic hydroxyl groups excluding tert-OH is 2. The number of fused-ring (bicyclic) bond motifs is 4. The molecule has 166 valence electrons. The van der Waals surface area contributed by atoms with Crippen LogP contribution in [0.3, 0.4) is 0 Å². The molecule has 2 saturated heterocycles. The molecule has 6 rings (SSSR count). The highest BCUT2D eigenvalue weighted by molar-refractivity contribution is 6.43. The quantitative estimate of drug-likeness (QED) is 0.418. The summed E-state index contributed by atoms with van der Waals surface area (Å²) < 4.78 is 1.58. The number of nitrogens with one attached hydrogen (secondary N) is 1. The van der Waals surface area contributed by atoms with Crippen LogP contribution in [-0.4, -0.2) is 58.3 Å². The zero-order chi connectivity index (χ0) is 22.1. The van der Waals surface area contributed by atoms with Gasteiger partial charge in [-0.25, -0.2) is 9.97 Å². The molecule has 5 heterocycles. The van der Waals surface area contributed by atoms with Crippen LogP contribution in [0.1, 0.15) is 31.4 Å². The van der Waals surface area contributed by atoms with Crippen molar-refractivity contribution in [3.8, 4) is 11.3 Å². The number of rotatable bonds is 3. The van der Waals surface area contributed by atoms with Crippen LogP contribution in [-0.2, 0) is 13.7 Å². The van der Waals surface area contributed by atoms with Crippen LogP contribution in [0.25, 0.3) is 33.3 Å². The normalized spacial score (nSPS) is 23.0. The molecule has 0 aliphatic carbocycles. The van der Waals surface area contributed by atoms with Crippen molar-refractivity contribution in [1.82, 2.24) is 29.9 Å². The number of piperidine rings is 1. The summed E-state index contributed by atoms with van der Waals surface area (Å²) in [5, 5.41) is 33.6. The highest BCUT2D eigenvalue weighted by Crippen LogP contribution is 2.42. The number of benzene rings is 1. The molecule has 2 aliphatic heterocycles. The van der Waals surface area contributed by atoms with E-state index in [1.165, 1.54) is 0 Å². The second-order valence-electron chi connectivity index (χ2n) is 8.58. The minimum atomic E-state index is -0.286. The van der Waals surface area contributed by atoms with Gasteiger partial charge >= 0.3 is 0 Å². The average molecular weight is 474 g/mol. The Morgan fingerprint density at radius 3 is 2.62 bits per heavy atom. The number of anilines is 1. The van der Waals surface area contributed by atoms with Crippen LogP contribution in [0.15, 0.2) is 12.1 Å². The van der Waals surface area contributed by atoms with Crippen LogP contribution >= 0.6 is 23.2 Å². The molecule has 32 heavy (non-hydrogen) atoms. The van der Waals surface area contributed by atoms with Gasteiger partial charge in [0, 0.05) is 24.7 Å². The zero-order valence-electron chi connectivity index (χ0n) is 17.3. The third-order valence-corrected chi connectivity index (χ3v) is 7.51. The fourth-order valence-electron chi connectivity index (χ4n) is 5.26. The third kappa shape index (κ3) is 2.85. The number of hydrogen-bond acceptors (Lipinski definition) is 7. The third-order valence-electron chi connectivity index (χ3n) is 6.68. The van der Waals surface area contributed by atoms with E-state index in [2.05, 4.69) is 20.2 Å². The van der Waals surface area contributed by atoms with Crippen molar-refractivity contribution in [2.24, 2.45) is 7.05 Å². The molecule has 1 unspecified atom stereocenters. The highest BCUT2D eigenvalue weighted by atomic mass is 35.5. The Hall–Kier alpha value is -2.46. The van der Waals surface area contributed by atoms with Crippen molar-refractivity contribution in [2.45, 2.75) is 50.5 Å². The fourth-order valence-corrected chi connectivity index (χ4v) is 5.88. The van der Waals surface area contributed by atoms with Crippen molar-refractivity contribution in [3.63, 3.8) is 0 Å². The SMILES string of the molecule is Cn1nc2ccc(-c3[nH]nc4nc(N5[C@@H]6CC[C@H]5CC(O)C6)c(CO)nc34)c(Cl)c2c1Cl. The number of aromatic amines is 1. The number of aromatic nitrogens is 6. The molecule has 4 aromatic rings. The lowest BCUT2D eigenvalue weighted by Gasteiger charge is -2.38. The Balaban J connectivity index is 1.50. The molecule has 0 amide bonds. The largest absolute Gasteiger partial charge is 0.393 e. The van der Waals surface area contributed by atoms with Gasteiger partial charge in [-0.05, 0) is 37.8 Å². The number of hydrogen-bond donors (Lipinski definition) is 3. The van der Waals surface area contributed by atoms with Crippen LogP contribution in [0, 0.1) is 0 Å². The lowest BCUT2D eigenvalue weighted by molar-refractivity contribution is 0.125. The second-order valence-corrected chi connectivity index (χ2v) is 9.31. The van der Waals surface area contributed by atoms with Crippen molar-refractivity contribution in [2.75, 3.05) is 4.90 Å². The second kappa shape index (κ2) is 7.28. The summed E-state index contributed by atoms with van der Waals surface area (Å²) in [4.78, 5) is 11.8. The van der Waals surface area contributed by atoms with E-state index < -0.39 is 0 Å². The molecule has 2 bridgehead atoms. The lowest BCUT2D eigenvalue weighted by atomic mass is 9.99. The molecule has 0 saturated carbocycles. The van der Waals surface area contributed by atoms with E-state index in [-0.39, 0.29) is 24.8 Å². The van der Waals surface area contributed by atoms with Crippen molar-refractivity contribution >= 4 is 51.1 Å². The minimum absolute atomic E-state index is 0.198. The maximum absolute atomic E-state index is 10.1. The summed E-state index contributed by atoms with van der Waals surface area (Å²) in [6.45, 7) is -0.247. The van der Waals surface area contributed by atoms with Gasteiger partial charge in [0.2, 0.25) is 5.65 Å². The van der Waals surface area contributed by atoms with E-state index in [1.54, 1.807) is 11.7 Å². The summed E-state index contributed by atoms with van der Waals surface area (Å²) in [6, 6.07) is 4.09. The van der Waals surface area contributed by atoms with Gasteiger partial charge in [-0.2, -0.15) is 10.2 Å². The van der Waals surface area contributed by atoms with Crippen LogP contribution in [0.2, 0.25) is 10.2 Å². The maximum Gasteiger partial charge on any atom is 0.202 e. The molecule has 2 fully saturated rings. The molecule has 2 aliphatic rings. The van der Waals surface area contributed by atoms with E-state index in [9.17, 15) is 10.2 Å². The number of H-pyrrole nitrogens is 1. The van der Waals surface area contributed by atoms with Gasteiger partial charge in [0.15, 0.2) is 5.82 Å². The number of aliphatic hydroxyl groups is 2. The monoisotopic (exact) mass is 473 g/mol. The first kappa shape index (κ1) is 20.2. The first-order valence-corrected chi connectivity index (χ1v) is 11.3.